The average Bonchev–Trinajstić information content (AvgIpc) is 3.47. The molecule has 0 atom stereocenters. The summed E-state index contributed by atoms with van der Waals surface area (Å²) in [5.41, 5.74) is 0. The molecule has 4 rings (SSSR count). The molecule has 0 bridgehead atoms. The summed E-state index contributed by atoms with van der Waals surface area (Å²) in [4.78, 5) is 25.7. The number of imidazole rings is 4. The molecule has 8 nitrogen and oxygen atoms in total. The summed E-state index contributed by atoms with van der Waals surface area (Å²) in [5.74, 6) is 0. The molecule has 4 aromatic heterocycles. The van der Waals surface area contributed by atoms with Crippen LogP contribution in [0.1, 0.15) is 0 Å². The Kier molecular flexibility index (Phi) is 18.4. The first-order chi connectivity index (χ1) is 11.4. The molecule has 4 N–H and O–H groups in total. The van der Waals surface area contributed by atoms with Gasteiger partial charge in [-0.15, -0.1) is 0 Å². The van der Waals surface area contributed by atoms with Crippen molar-refractivity contribution < 1.29 is 0 Å². The van der Waals surface area contributed by atoms with Crippen molar-refractivity contribution in [3.05, 3.63) is 74.9 Å². The van der Waals surface area contributed by atoms with Crippen LogP contribution < -0.4 is 0 Å². The van der Waals surface area contributed by atoms with Crippen LogP contribution in [0.3, 0.4) is 0 Å². The summed E-state index contributed by atoms with van der Waals surface area (Å²) >= 11 is -0.743. The number of hydrogen-bond donors (Lipinski definition) is 4. The molecule has 23 heavy (non-hydrogen) atoms. The standard InChI is InChI=1S/4C3H4N2.2ClH.Ga/c4*1-2-5-3-4-1;;;/h4*1-3H,(H,4,5);2*1H;/q;;;;;;+2/p-2. The van der Waals surface area contributed by atoms with Gasteiger partial charge in [-0.2, -0.15) is 0 Å². The number of nitrogens with zero attached hydrogens (tertiary/aromatic N) is 4. The molecule has 0 fully saturated rings. The quantitative estimate of drug-likeness (QED) is 0.332. The van der Waals surface area contributed by atoms with Crippen LogP contribution in [0.15, 0.2) is 74.9 Å². The zero-order valence-electron chi connectivity index (χ0n) is 12.1. The minimum absolute atomic E-state index is 0.743. The second-order valence-electron chi connectivity index (χ2n) is 3.12. The Hall–Kier alpha value is -1.94. The SMILES string of the molecule is [Cl][Ga][Cl].c1c[nH]cn1.c1c[nH]cn1.c1c[nH]cn1.c1c[nH]cn1. The van der Waals surface area contributed by atoms with Crippen LogP contribution in [0, 0.1) is 0 Å². The Morgan fingerprint density at radius 1 is 0.522 bits per heavy atom. The zero-order valence-corrected chi connectivity index (χ0v) is 16.0. The Balaban J connectivity index is 0.000000266. The van der Waals surface area contributed by atoms with Crippen LogP contribution in [-0.4, -0.2) is 55.3 Å². The summed E-state index contributed by atoms with van der Waals surface area (Å²) in [6.07, 6.45) is 20.3. The fraction of sp³-hybridized carbons (Fsp3) is 0. The summed E-state index contributed by atoms with van der Waals surface area (Å²) in [7, 11) is 9.84. The van der Waals surface area contributed by atoms with Crippen LogP contribution in [0.4, 0.5) is 0 Å². The third-order valence-corrected chi connectivity index (χ3v) is 1.62. The van der Waals surface area contributed by atoms with Crippen molar-refractivity contribution in [1.82, 2.24) is 39.9 Å². The number of H-pyrrole nitrogens is 4. The molecule has 121 valence electrons. The number of hydrogen-bond acceptors (Lipinski definition) is 4. The Bertz CT molecular complexity index is 380. The van der Waals surface area contributed by atoms with E-state index >= 15 is 0 Å². The summed E-state index contributed by atoms with van der Waals surface area (Å²) in [5, 5.41) is 0. The summed E-state index contributed by atoms with van der Waals surface area (Å²) in [6.45, 7) is 0. The molecule has 4 heterocycles. The van der Waals surface area contributed by atoms with Crippen molar-refractivity contribution >= 4 is 34.7 Å². The van der Waals surface area contributed by atoms with Crippen molar-refractivity contribution in [3.63, 3.8) is 0 Å². The first-order valence-corrected chi connectivity index (χ1v) is 12.5. The van der Waals surface area contributed by atoms with Crippen molar-refractivity contribution in [2.75, 3.05) is 0 Å². The van der Waals surface area contributed by atoms with E-state index < -0.39 is 15.4 Å². The van der Waals surface area contributed by atoms with Gasteiger partial charge in [0.25, 0.3) is 0 Å². The van der Waals surface area contributed by atoms with Gasteiger partial charge in [0.1, 0.15) is 0 Å². The average molecular weight is 413 g/mol. The second-order valence-corrected chi connectivity index (χ2v) is 6.90. The summed E-state index contributed by atoms with van der Waals surface area (Å²) in [6, 6.07) is 0. The van der Waals surface area contributed by atoms with Gasteiger partial charge in [0.2, 0.25) is 0 Å². The van der Waals surface area contributed by atoms with Gasteiger partial charge in [0.15, 0.2) is 0 Å². The molecule has 4 aromatic rings. The third-order valence-electron chi connectivity index (χ3n) is 1.62. The van der Waals surface area contributed by atoms with Crippen LogP contribution >= 0.6 is 19.3 Å². The van der Waals surface area contributed by atoms with E-state index in [4.69, 9.17) is 19.3 Å². The van der Waals surface area contributed by atoms with Gasteiger partial charge < -0.3 is 19.9 Å². The fourth-order valence-corrected chi connectivity index (χ4v) is 0.861. The van der Waals surface area contributed by atoms with Gasteiger partial charge >= 0.3 is 34.7 Å². The molecule has 0 aliphatic rings. The number of halogens is 2. The zero-order chi connectivity index (χ0) is 16.8. The summed E-state index contributed by atoms with van der Waals surface area (Å²) < 4.78 is 0. The smallest absolute Gasteiger partial charge is 0.0919 e. The first kappa shape index (κ1) is 21.1. The van der Waals surface area contributed by atoms with E-state index in [1.165, 1.54) is 0 Å². The Morgan fingerprint density at radius 2 is 0.739 bits per heavy atom. The number of aromatic amines is 4. The first-order valence-electron chi connectivity index (χ1n) is 6.14. The van der Waals surface area contributed by atoms with Gasteiger partial charge in [0, 0.05) is 49.6 Å². The van der Waals surface area contributed by atoms with Crippen molar-refractivity contribution in [2.45, 2.75) is 0 Å². The van der Waals surface area contributed by atoms with Crippen molar-refractivity contribution in [1.29, 1.82) is 0 Å². The van der Waals surface area contributed by atoms with Crippen LogP contribution in [0.25, 0.3) is 0 Å². The van der Waals surface area contributed by atoms with Crippen molar-refractivity contribution in [2.24, 2.45) is 0 Å². The molecular weight excluding hydrogens is 397 g/mol. The Morgan fingerprint density at radius 3 is 0.783 bits per heavy atom. The molecule has 1 radical (unpaired) electrons. The molecule has 0 spiro atoms. The number of rotatable bonds is 0. The van der Waals surface area contributed by atoms with E-state index in [1.807, 2.05) is 0 Å². The molecule has 0 aliphatic carbocycles. The molecule has 0 aromatic carbocycles. The van der Waals surface area contributed by atoms with E-state index in [-0.39, 0.29) is 0 Å². The molecule has 0 aliphatic heterocycles. The third kappa shape index (κ3) is 20.1. The number of nitrogens with one attached hydrogen (secondary N) is 4. The van der Waals surface area contributed by atoms with Gasteiger partial charge in [-0.1, -0.05) is 0 Å². The number of aromatic nitrogens is 8. The molecule has 0 amide bonds. The van der Waals surface area contributed by atoms with Gasteiger partial charge in [-0.05, 0) is 0 Å². The molecule has 11 heteroatoms. The largest absolute Gasteiger partial charge is 0.351 e. The van der Waals surface area contributed by atoms with E-state index in [1.54, 1.807) is 74.9 Å². The topological polar surface area (TPSA) is 115 Å². The van der Waals surface area contributed by atoms with Gasteiger partial charge in [0.05, 0.1) is 25.3 Å². The Labute approximate surface area is 149 Å². The maximum Gasteiger partial charge on any atom is 0.0919 e. The second kappa shape index (κ2) is 20.1. The maximum absolute atomic E-state index is 4.92. The van der Waals surface area contributed by atoms with Crippen LogP contribution in [0.5, 0.6) is 0 Å². The van der Waals surface area contributed by atoms with E-state index in [0.717, 1.165) is 0 Å². The molecule has 0 saturated heterocycles. The molecule has 0 unspecified atom stereocenters. The van der Waals surface area contributed by atoms with Gasteiger partial charge in [-0.25, -0.2) is 19.9 Å². The van der Waals surface area contributed by atoms with Gasteiger partial charge in [-0.3, -0.25) is 0 Å². The maximum atomic E-state index is 4.92. The monoisotopic (exact) mass is 411 g/mol. The van der Waals surface area contributed by atoms with E-state index in [2.05, 4.69) is 39.9 Å². The van der Waals surface area contributed by atoms with Crippen LogP contribution in [0.2, 0.25) is 0 Å². The van der Waals surface area contributed by atoms with Crippen LogP contribution in [-0.2, 0) is 0 Å². The predicted molar refractivity (Wildman–Crippen MR) is 91.8 cm³/mol. The van der Waals surface area contributed by atoms with E-state index in [9.17, 15) is 0 Å². The minimum atomic E-state index is -0.743. The molecule has 0 saturated carbocycles. The molecular formula is C12H16Cl2GaN8. The predicted octanol–water partition coefficient (Wildman–Crippen LogP) is 2.64. The normalized spacial score (nSPS) is 7.57. The minimum Gasteiger partial charge on any atom is -0.351 e. The fourth-order valence-electron chi connectivity index (χ4n) is 0.861. The van der Waals surface area contributed by atoms with E-state index in [0.29, 0.717) is 0 Å². The van der Waals surface area contributed by atoms with Crippen molar-refractivity contribution in [3.8, 4) is 0 Å².